The predicted octanol–water partition coefficient (Wildman–Crippen LogP) is 1.83. The molecule has 1 nitrogen and oxygen atoms in total. The van der Waals surface area contributed by atoms with Crippen molar-refractivity contribution in [2.75, 3.05) is 13.2 Å². The minimum Gasteiger partial charge on any atom is -0.366 e. The lowest BCUT2D eigenvalue weighted by Gasteiger charge is -2.05. The SMILES string of the molecule is FC(F)COCC(F)(F)F. The lowest BCUT2D eigenvalue weighted by atomic mass is 10.7. The Morgan fingerprint density at radius 2 is 1.70 bits per heavy atom. The molecule has 0 saturated carbocycles. The zero-order chi connectivity index (χ0) is 8.20. The Morgan fingerprint density at radius 3 is 2.00 bits per heavy atom. The van der Waals surface area contributed by atoms with Crippen LogP contribution in [0.25, 0.3) is 0 Å². The first-order valence-electron chi connectivity index (χ1n) is 2.34. The summed E-state index contributed by atoms with van der Waals surface area (Å²) in [6.45, 7) is -2.78. The highest BCUT2D eigenvalue weighted by Gasteiger charge is 2.27. The van der Waals surface area contributed by atoms with E-state index in [9.17, 15) is 22.0 Å². The average molecular weight is 164 g/mol. The predicted molar refractivity (Wildman–Crippen MR) is 22.9 cm³/mol. The van der Waals surface area contributed by atoms with Gasteiger partial charge in [0.1, 0.15) is 13.2 Å². The average Bonchev–Trinajstić information content (AvgIpc) is 1.59. The molecular formula is C4H5F5O. The van der Waals surface area contributed by atoms with E-state index in [1.165, 1.54) is 0 Å². The zero-order valence-electron chi connectivity index (χ0n) is 4.79. The molecule has 0 aliphatic heterocycles. The summed E-state index contributed by atoms with van der Waals surface area (Å²) in [6.07, 6.45) is -7.36. The normalized spacial score (nSPS) is 12.6. The van der Waals surface area contributed by atoms with Crippen LogP contribution >= 0.6 is 0 Å². The van der Waals surface area contributed by atoms with E-state index < -0.39 is 25.8 Å². The third-order valence-electron chi connectivity index (χ3n) is 0.510. The van der Waals surface area contributed by atoms with E-state index in [0.29, 0.717) is 0 Å². The molecule has 0 fully saturated rings. The second-order valence-electron chi connectivity index (χ2n) is 1.52. The van der Waals surface area contributed by atoms with Gasteiger partial charge in [-0.1, -0.05) is 0 Å². The standard InChI is InChI=1S/C4H5F5O/c5-3(6)1-10-2-4(7,8)9/h3H,1-2H2. The minimum atomic E-state index is -4.52. The first-order valence-corrected chi connectivity index (χ1v) is 2.34. The highest BCUT2D eigenvalue weighted by atomic mass is 19.4. The number of halogens is 5. The second-order valence-corrected chi connectivity index (χ2v) is 1.52. The van der Waals surface area contributed by atoms with Gasteiger partial charge in [-0.15, -0.1) is 0 Å². The lowest BCUT2D eigenvalue weighted by molar-refractivity contribution is -0.180. The van der Waals surface area contributed by atoms with Gasteiger partial charge in [0, 0.05) is 0 Å². The molecule has 0 radical (unpaired) electrons. The molecule has 0 heterocycles. The Kier molecular flexibility index (Phi) is 3.55. The van der Waals surface area contributed by atoms with Gasteiger partial charge in [-0.3, -0.25) is 0 Å². The molecule has 62 valence electrons. The molecule has 0 rings (SSSR count). The fraction of sp³-hybridized carbons (Fsp3) is 1.00. The van der Waals surface area contributed by atoms with E-state index in [1.54, 1.807) is 0 Å². The monoisotopic (exact) mass is 164 g/mol. The number of alkyl halides is 5. The molecule has 10 heavy (non-hydrogen) atoms. The van der Waals surface area contributed by atoms with E-state index in [4.69, 9.17) is 0 Å². The molecule has 0 aromatic rings. The van der Waals surface area contributed by atoms with Crippen molar-refractivity contribution < 1.29 is 26.7 Å². The van der Waals surface area contributed by atoms with Gasteiger partial charge < -0.3 is 4.74 Å². The highest BCUT2D eigenvalue weighted by molar-refractivity contribution is 4.45. The molecule has 0 spiro atoms. The molecule has 0 aromatic carbocycles. The van der Waals surface area contributed by atoms with Gasteiger partial charge in [0.15, 0.2) is 0 Å². The number of hydrogen-bond donors (Lipinski definition) is 0. The molecule has 0 aliphatic rings. The third-order valence-corrected chi connectivity index (χ3v) is 0.510. The molecule has 0 aliphatic carbocycles. The van der Waals surface area contributed by atoms with Gasteiger partial charge in [-0.2, -0.15) is 13.2 Å². The topological polar surface area (TPSA) is 9.23 Å². The number of rotatable bonds is 3. The quantitative estimate of drug-likeness (QED) is 0.578. The Hall–Kier alpha value is -0.390. The fourth-order valence-electron chi connectivity index (χ4n) is 0.264. The maximum Gasteiger partial charge on any atom is 0.411 e. The van der Waals surface area contributed by atoms with E-state index >= 15 is 0 Å². The second kappa shape index (κ2) is 3.70. The van der Waals surface area contributed by atoms with Crippen LogP contribution in [0.2, 0.25) is 0 Å². The molecule has 6 heteroatoms. The molecule has 0 amide bonds. The summed E-state index contributed by atoms with van der Waals surface area (Å²) in [6, 6.07) is 0. The van der Waals surface area contributed by atoms with Crippen molar-refractivity contribution in [2.24, 2.45) is 0 Å². The molecule has 0 bridgehead atoms. The van der Waals surface area contributed by atoms with E-state index in [0.717, 1.165) is 0 Å². The van der Waals surface area contributed by atoms with Crippen LogP contribution in [-0.2, 0) is 4.74 Å². The maximum absolute atomic E-state index is 11.1. The van der Waals surface area contributed by atoms with E-state index in [2.05, 4.69) is 4.74 Å². The molecule has 0 unspecified atom stereocenters. The van der Waals surface area contributed by atoms with Crippen molar-refractivity contribution in [3.05, 3.63) is 0 Å². The van der Waals surface area contributed by atoms with Crippen LogP contribution in [0, 0.1) is 0 Å². The third kappa shape index (κ3) is 7.61. The Balaban J connectivity index is 3.21. The van der Waals surface area contributed by atoms with Gasteiger partial charge in [0.05, 0.1) is 0 Å². The summed E-state index contributed by atoms with van der Waals surface area (Å²) >= 11 is 0. The van der Waals surface area contributed by atoms with Crippen LogP contribution in [0.15, 0.2) is 0 Å². The fourth-order valence-corrected chi connectivity index (χ4v) is 0.264. The van der Waals surface area contributed by atoms with Gasteiger partial charge in [0.25, 0.3) is 6.43 Å². The highest BCUT2D eigenvalue weighted by Crippen LogP contribution is 2.14. The first kappa shape index (κ1) is 9.61. The minimum absolute atomic E-state index is 1.17. The lowest BCUT2D eigenvalue weighted by Crippen LogP contribution is -2.19. The maximum atomic E-state index is 11.1. The smallest absolute Gasteiger partial charge is 0.366 e. The van der Waals surface area contributed by atoms with Crippen molar-refractivity contribution in [2.45, 2.75) is 12.6 Å². The first-order chi connectivity index (χ1) is 4.42. The Bertz CT molecular complexity index is 88.1. The Morgan fingerprint density at radius 1 is 1.20 bits per heavy atom. The molecule has 0 aromatic heterocycles. The van der Waals surface area contributed by atoms with Gasteiger partial charge in [-0.25, -0.2) is 8.78 Å². The molecule has 0 saturated heterocycles. The van der Waals surface area contributed by atoms with E-state index in [-0.39, 0.29) is 0 Å². The van der Waals surface area contributed by atoms with Crippen molar-refractivity contribution in [3.8, 4) is 0 Å². The van der Waals surface area contributed by atoms with Crippen LogP contribution < -0.4 is 0 Å². The summed E-state index contributed by atoms with van der Waals surface area (Å²) in [5, 5.41) is 0. The van der Waals surface area contributed by atoms with Crippen LogP contribution in [0.5, 0.6) is 0 Å². The molecule has 0 atom stereocenters. The largest absolute Gasteiger partial charge is 0.411 e. The number of ether oxygens (including phenoxy) is 1. The van der Waals surface area contributed by atoms with Crippen LogP contribution in [-0.4, -0.2) is 25.8 Å². The van der Waals surface area contributed by atoms with Gasteiger partial charge in [-0.05, 0) is 0 Å². The van der Waals surface area contributed by atoms with Crippen molar-refractivity contribution in [1.29, 1.82) is 0 Å². The van der Waals surface area contributed by atoms with Crippen molar-refractivity contribution in [1.82, 2.24) is 0 Å². The van der Waals surface area contributed by atoms with Gasteiger partial charge >= 0.3 is 6.18 Å². The number of hydrogen-bond acceptors (Lipinski definition) is 1. The summed E-state index contributed by atoms with van der Waals surface area (Å²) in [5.74, 6) is 0. The van der Waals surface area contributed by atoms with Crippen molar-refractivity contribution in [3.63, 3.8) is 0 Å². The van der Waals surface area contributed by atoms with Crippen LogP contribution in [0.1, 0.15) is 0 Å². The van der Waals surface area contributed by atoms with Crippen molar-refractivity contribution >= 4 is 0 Å². The zero-order valence-corrected chi connectivity index (χ0v) is 4.79. The molecular weight excluding hydrogens is 159 g/mol. The summed E-state index contributed by atoms with van der Waals surface area (Å²) in [7, 11) is 0. The molecule has 0 N–H and O–H groups in total. The van der Waals surface area contributed by atoms with E-state index in [1.807, 2.05) is 0 Å². The summed E-state index contributed by atoms with van der Waals surface area (Å²) < 4.78 is 59.2. The van der Waals surface area contributed by atoms with Crippen LogP contribution in [0.4, 0.5) is 22.0 Å². The van der Waals surface area contributed by atoms with Gasteiger partial charge in [0.2, 0.25) is 0 Å². The van der Waals surface area contributed by atoms with Crippen LogP contribution in [0.3, 0.4) is 0 Å². The Labute approximate surface area is 53.8 Å². The summed E-state index contributed by atoms with van der Waals surface area (Å²) in [5.41, 5.74) is 0. The summed E-state index contributed by atoms with van der Waals surface area (Å²) in [4.78, 5) is 0.